The van der Waals surface area contributed by atoms with Crippen molar-refractivity contribution >= 4 is 43.7 Å². The number of ether oxygens (including phenoxy) is 1. The monoisotopic (exact) mass is 476 g/mol. The Labute approximate surface area is 185 Å². The third-order valence-electron chi connectivity index (χ3n) is 3.79. The zero-order valence-corrected chi connectivity index (χ0v) is 19.8. The van der Waals surface area contributed by atoms with E-state index in [0.29, 0.717) is 15.0 Å². The van der Waals surface area contributed by atoms with Crippen molar-refractivity contribution in [1.29, 1.82) is 0 Å². The lowest BCUT2D eigenvalue weighted by atomic mass is 10.3. The third-order valence-corrected chi connectivity index (χ3v) is 6.13. The molecular weight excluding hydrogens is 447 g/mol. The molecule has 1 atom stereocenters. The molecule has 0 aliphatic rings. The Kier molecular flexibility index (Phi) is 9.75. The lowest BCUT2D eigenvalue weighted by Crippen LogP contribution is -2.44. The second-order valence-electron chi connectivity index (χ2n) is 7.57. The Bertz CT molecular complexity index is 1060. The maximum atomic E-state index is 13.6. The minimum absolute atomic E-state index is 0.153. The van der Waals surface area contributed by atoms with E-state index in [9.17, 15) is 22.2 Å². The number of methoxy groups -OCH3 is 1. The van der Waals surface area contributed by atoms with Crippen molar-refractivity contribution in [2.45, 2.75) is 18.7 Å². The van der Waals surface area contributed by atoms with Crippen LogP contribution in [-0.4, -0.2) is 63.3 Å². The number of quaternary nitrogens is 1. The van der Waals surface area contributed by atoms with Gasteiger partial charge in [0.2, 0.25) is 5.52 Å². The first-order chi connectivity index (χ1) is 14.3. The van der Waals surface area contributed by atoms with Crippen LogP contribution in [0.2, 0.25) is 0 Å². The first-order valence-electron chi connectivity index (χ1n) is 9.28. The number of thiazole rings is 1. The van der Waals surface area contributed by atoms with Crippen LogP contribution in [-0.2, 0) is 19.6 Å². The standard InChI is InChI=1S/C15H16FNO4S2.C5H11NO2/c1-3-15(23(18,19)20)17-12-10-11(16)7-8-13(12)22-14(17)6-4-5-9-21-2;1-6(2,3)4-5(7)8/h4-10,15H,3H2,1-2H3;4H2,1-3H3/p+2/b6-4+,9-5+;. The van der Waals surface area contributed by atoms with Gasteiger partial charge >= 0.3 is 16.1 Å². The summed E-state index contributed by atoms with van der Waals surface area (Å²) < 4.78 is 53.9. The molecule has 0 aliphatic heterocycles. The third kappa shape index (κ3) is 8.74. The number of carbonyl (C=O) groups is 1. The molecule has 2 aromatic rings. The van der Waals surface area contributed by atoms with Gasteiger partial charge in [0, 0.05) is 18.6 Å². The molecule has 0 fully saturated rings. The van der Waals surface area contributed by atoms with Crippen LogP contribution in [0.5, 0.6) is 0 Å². The summed E-state index contributed by atoms with van der Waals surface area (Å²) >= 11 is 1.31. The Morgan fingerprint density at radius 2 is 1.97 bits per heavy atom. The molecule has 31 heavy (non-hydrogen) atoms. The molecule has 0 aliphatic carbocycles. The fourth-order valence-corrected chi connectivity index (χ4v) is 4.73. The van der Waals surface area contributed by atoms with E-state index in [1.807, 2.05) is 21.1 Å². The van der Waals surface area contributed by atoms with Gasteiger partial charge in [0.1, 0.15) is 10.5 Å². The van der Waals surface area contributed by atoms with Crippen molar-refractivity contribution < 1.29 is 41.0 Å². The van der Waals surface area contributed by atoms with Crippen LogP contribution in [0.25, 0.3) is 16.3 Å². The van der Waals surface area contributed by atoms with E-state index in [-0.39, 0.29) is 13.0 Å². The molecule has 1 aromatic heterocycles. The van der Waals surface area contributed by atoms with Gasteiger partial charge in [0.25, 0.3) is 10.4 Å². The molecule has 0 bridgehead atoms. The maximum absolute atomic E-state index is 13.6. The van der Waals surface area contributed by atoms with Crippen LogP contribution in [0.15, 0.2) is 36.6 Å². The van der Waals surface area contributed by atoms with Crippen LogP contribution in [0.3, 0.4) is 0 Å². The molecule has 172 valence electrons. The molecule has 0 amide bonds. The van der Waals surface area contributed by atoms with Crippen molar-refractivity contribution in [2.75, 3.05) is 34.8 Å². The minimum atomic E-state index is -4.33. The predicted molar refractivity (Wildman–Crippen MR) is 119 cm³/mol. The number of hydrogen-bond acceptors (Lipinski definition) is 5. The molecule has 0 saturated carbocycles. The van der Waals surface area contributed by atoms with E-state index >= 15 is 0 Å². The second-order valence-corrected chi connectivity index (χ2v) is 10.2. The zero-order valence-electron chi connectivity index (χ0n) is 18.1. The number of likely N-dealkylation sites (N-methyl/N-ethyl adjacent to an activating group) is 1. The van der Waals surface area contributed by atoms with E-state index in [2.05, 4.69) is 0 Å². The summed E-state index contributed by atoms with van der Waals surface area (Å²) in [6.07, 6.45) is 6.63. The number of fused-ring (bicyclic) bond motifs is 1. The lowest BCUT2D eigenvalue weighted by molar-refractivity contribution is -0.862. The molecule has 1 heterocycles. The van der Waals surface area contributed by atoms with E-state index in [4.69, 9.17) is 9.84 Å². The number of benzene rings is 1. The van der Waals surface area contributed by atoms with Gasteiger partial charge in [-0.15, -0.1) is 0 Å². The zero-order chi connectivity index (χ0) is 23.8. The Balaban J connectivity index is 0.000000512. The van der Waals surface area contributed by atoms with Gasteiger partial charge in [-0.1, -0.05) is 24.3 Å². The van der Waals surface area contributed by atoms with Crippen LogP contribution in [0.1, 0.15) is 23.7 Å². The molecule has 2 N–H and O–H groups in total. The van der Waals surface area contributed by atoms with Gasteiger partial charge in [-0.25, -0.2) is 9.18 Å². The number of aromatic nitrogens is 1. The minimum Gasteiger partial charge on any atom is -0.504 e. The second kappa shape index (κ2) is 11.3. The van der Waals surface area contributed by atoms with Crippen molar-refractivity contribution in [2.24, 2.45) is 0 Å². The van der Waals surface area contributed by atoms with Crippen molar-refractivity contribution in [1.82, 2.24) is 0 Å². The van der Waals surface area contributed by atoms with Gasteiger partial charge < -0.3 is 14.3 Å². The highest BCUT2D eigenvalue weighted by Gasteiger charge is 2.36. The summed E-state index contributed by atoms with van der Waals surface area (Å²) in [6.45, 7) is 1.83. The summed E-state index contributed by atoms with van der Waals surface area (Å²) in [5.74, 6) is -1.22. The van der Waals surface area contributed by atoms with Crippen LogP contribution in [0, 0.1) is 5.82 Å². The van der Waals surface area contributed by atoms with Crippen LogP contribution in [0.4, 0.5) is 4.39 Å². The molecular formula is C20H29FN2O6S2+2. The highest BCUT2D eigenvalue weighted by Crippen LogP contribution is 2.26. The number of allylic oxidation sites excluding steroid dienone is 2. The van der Waals surface area contributed by atoms with Gasteiger partial charge in [-0.05, 0) is 18.2 Å². The number of nitrogens with zero attached hydrogens (tertiary/aromatic N) is 2. The van der Waals surface area contributed by atoms with E-state index < -0.39 is 27.3 Å². The van der Waals surface area contributed by atoms with E-state index in [1.54, 1.807) is 31.2 Å². The normalized spacial score (nSPS) is 13.4. The fourth-order valence-electron chi connectivity index (χ4n) is 2.65. The van der Waals surface area contributed by atoms with Crippen molar-refractivity contribution in [3.05, 3.63) is 47.4 Å². The topological polar surface area (TPSA) is 105 Å². The average molecular weight is 477 g/mol. The van der Waals surface area contributed by atoms with Crippen LogP contribution < -0.4 is 4.57 Å². The molecule has 0 saturated heterocycles. The van der Waals surface area contributed by atoms with Crippen molar-refractivity contribution in [3.8, 4) is 0 Å². The molecule has 2 rings (SSSR count). The molecule has 0 spiro atoms. The summed E-state index contributed by atoms with van der Waals surface area (Å²) in [6, 6.07) is 4.17. The first-order valence-corrected chi connectivity index (χ1v) is 11.6. The summed E-state index contributed by atoms with van der Waals surface area (Å²) in [5.41, 5.74) is 0.426. The highest BCUT2D eigenvalue weighted by molar-refractivity contribution is 7.85. The van der Waals surface area contributed by atoms with Gasteiger partial charge in [-0.2, -0.15) is 13.0 Å². The molecule has 8 nitrogen and oxygen atoms in total. The number of rotatable bonds is 8. The van der Waals surface area contributed by atoms with E-state index in [0.717, 1.165) is 4.70 Å². The number of carboxylic acids is 1. The average Bonchev–Trinajstić information content (AvgIpc) is 2.94. The Morgan fingerprint density at radius 1 is 1.32 bits per heavy atom. The number of halogens is 1. The molecule has 11 heteroatoms. The fraction of sp³-hybridized carbons (Fsp3) is 0.400. The summed E-state index contributed by atoms with van der Waals surface area (Å²) in [4.78, 5) is 10.00. The summed E-state index contributed by atoms with van der Waals surface area (Å²) in [7, 11) is 2.71. The number of hydrogen-bond donors (Lipinski definition) is 2. The highest BCUT2D eigenvalue weighted by atomic mass is 32.2. The lowest BCUT2D eigenvalue weighted by Gasteiger charge is -2.20. The van der Waals surface area contributed by atoms with Gasteiger partial charge in [-0.3, -0.25) is 4.55 Å². The molecule has 1 aromatic carbocycles. The number of aliphatic carboxylic acids is 1. The predicted octanol–water partition coefficient (Wildman–Crippen LogP) is 3.07. The molecule has 1 unspecified atom stereocenters. The Hall–Kier alpha value is -2.34. The summed E-state index contributed by atoms with van der Waals surface area (Å²) in [5, 5.41) is 7.64. The largest absolute Gasteiger partial charge is 0.504 e. The first kappa shape index (κ1) is 26.7. The number of carboxylic acid groups (broad SMARTS) is 1. The van der Waals surface area contributed by atoms with Gasteiger partial charge in [0.15, 0.2) is 6.54 Å². The van der Waals surface area contributed by atoms with E-state index in [1.165, 1.54) is 41.4 Å². The van der Waals surface area contributed by atoms with Crippen molar-refractivity contribution in [3.63, 3.8) is 0 Å². The Morgan fingerprint density at radius 3 is 2.42 bits per heavy atom. The smallest absolute Gasteiger partial charge is 0.359 e. The SMILES string of the molecule is CCC([n+]1c(/C=C/C=C/OC)sc2ccc(F)cc21)S(=O)(=O)O.C[N+](C)(C)CC(=O)O. The van der Waals surface area contributed by atoms with Crippen LogP contribution >= 0.6 is 11.3 Å². The molecule has 0 radical (unpaired) electrons. The van der Waals surface area contributed by atoms with Gasteiger partial charge in [0.05, 0.1) is 34.5 Å². The quantitative estimate of drug-likeness (QED) is 0.199. The maximum Gasteiger partial charge on any atom is 0.359 e.